The molecule has 3 aromatic rings. The number of nitrogens with one attached hydrogen (secondary N) is 2. The van der Waals surface area contributed by atoms with Gasteiger partial charge in [-0.25, -0.2) is 14.3 Å². The van der Waals surface area contributed by atoms with Crippen LogP contribution in [0.3, 0.4) is 0 Å². The molecule has 0 radical (unpaired) electrons. The standard InChI is InChI=1S/C18H22N6O2S.C2HF3O2/c19-14-3-1-2-4-15(14)22-16-5-6-24-17(23-16)13(8-20-24)18(26)21-11-7-12(9-25)27-10-11;3-2(4,5)1(6)7/h5-8,10,14-15,25H,1-4,9,19H2,(H,21,26)(H,22,23);(H,6,7)/t14-,15+;/m0./s1. The number of nitrogens with zero attached hydrogens (tertiary/aromatic N) is 3. The van der Waals surface area contributed by atoms with Crippen LogP contribution in [0.4, 0.5) is 24.7 Å². The predicted octanol–water partition coefficient (Wildman–Crippen LogP) is 2.85. The summed E-state index contributed by atoms with van der Waals surface area (Å²) in [7, 11) is 0. The molecule has 10 nitrogen and oxygen atoms in total. The van der Waals surface area contributed by atoms with Crippen LogP contribution in [-0.4, -0.2) is 54.9 Å². The van der Waals surface area contributed by atoms with Crippen molar-refractivity contribution in [2.75, 3.05) is 10.6 Å². The molecule has 2 atom stereocenters. The van der Waals surface area contributed by atoms with Crippen molar-refractivity contribution in [3.8, 4) is 0 Å². The van der Waals surface area contributed by atoms with Gasteiger partial charge in [0.05, 0.1) is 18.5 Å². The van der Waals surface area contributed by atoms with Crippen molar-refractivity contribution in [2.45, 2.75) is 50.6 Å². The van der Waals surface area contributed by atoms with Crippen LogP contribution < -0.4 is 16.4 Å². The second kappa shape index (κ2) is 10.8. The molecule has 1 aliphatic rings. The van der Waals surface area contributed by atoms with Crippen LogP contribution >= 0.6 is 11.3 Å². The number of nitrogens with two attached hydrogens (primary N) is 1. The van der Waals surface area contributed by atoms with Crippen LogP contribution in [0.15, 0.2) is 29.9 Å². The van der Waals surface area contributed by atoms with E-state index in [2.05, 4.69) is 20.7 Å². The molecule has 1 aliphatic carbocycles. The lowest BCUT2D eigenvalue weighted by Crippen LogP contribution is -2.42. The van der Waals surface area contributed by atoms with Gasteiger partial charge in [-0.2, -0.15) is 18.3 Å². The number of aromatic nitrogens is 3. The predicted molar refractivity (Wildman–Crippen MR) is 119 cm³/mol. The average Bonchev–Trinajstić information content (AvgIpc) is 3.41. The SMILES string of the molecule is N[C@H]1CCCC[C@H]1Nc1ccn2ncc(C(=O)Nc3csc(CO)c3)c2n1.O=C(O)C(F)(F)F. The summed E-state index contributed by atoms with van der Waals surface area (Å²) < 4.78 is 33.3. The van der Waals surface area contributed by atoms with Crippen molar-refractivity contribution in [3.63, 3.8) is 0 Å². The van der Waals surface area contributed by atoms with Crippen molar-refractivity contribution in [2.24, 2.45) is 5.73 Å². The highest BCUT2D eigenvalue weighted by Gasteiger charge is 2.38. The highest BCUT2D eigenvalue weighted by molar-refractivity contribution is 7.10. The van der Waals surface area contributed by atoms with Crippen LogP contribution in [0, 0.1) is 0 Å². The molecule has 0 spiro atoms. The smallest absolute Gasteiger partial charge is 0.475 e. The van der Waals surface area contributed by atoms with Crippen molar-refractivity contribution in [1.29, 1.82) is 0 Å². The molecule has 1 amide bonds. The molecule has 0 saturated heterocycles. The number of alkyl halides is 3. The molecule has 3 aromatic heterocycles. The number of aliphatic carboxylic acids is 1. The molecule has 14 heteroatoms. The van der Waals surface area contributed by atoms with Gasteiger partial charge < -0.3 is 26.6 Å². The first-order chi connectivity index (χ1) is 16.1. The molecule has 34 heavy (non-hydrogen) atoms. The van der Waals surface area contributed by atoms with Crippen LogP contribution in [0.25, 0.3) is 5.65 Å². The molecular formula is C20H23F3N6O4S. The molecule has 1 fully saturated rings. The van der Waals surface area contributed by atoms with Crippen molar-refractivity contribution >= 4 is 40.4 Å². The van der Waals surface area contributed by atoms with Crippen molar-refractivity contribution in [1.82, 2.24) is 14.6 Å². The van der Waals surface area contributed by atoms with Crippen LogP contribution in [0.5, 0.6) is 0 Å². The third-order valence-corrected chi connectivity index (χ3v) is 6.00. The first kappa shape index (κ1) is 25.4. The second-order valence-corrected chi connectivity index (χ2v) is 8.55. The molecule has 0 aromatic carbocycles. The van der Waals surface area contributed by atoms with Gasteiger partial charge in [0.1, 0.15) is 11.4 Å². The summed E-state index contributed by atoms with van der Waals surface area (Å²) in [6.07, 6.45) is 2.56. The quantitative estimate of drug-likeness (QED) is 0.358. The molecule has 1 saturated carbocycles. The van der Waals surface area contributed by atoms with E-state index in [0.717, 1.165) is 24.1 Å². The Morgan fingerprint density at radius 1 is 1.29 bits per heavy atom. The van der Waals surface area contributed by atoms with Gasteiger partial charge in [0.25, 0.3) is 5.91 Å². The van der Waals surface area contributed by atoms with E-state index in [4.69, 9.17) is 20.7 Å². The van der Waals surface area contributed by atoms with E-state index in [1.54, 1.807) is 22.2 Å². The number of halogens is 3. The third-order valence-electron chi connectivity index (χ3n) is 5.08. The first-order valence-electron chi connectivity index (χ1n) is 10.2. The van der Waals surface area contributed by atoms with Crippen LogP contribution in [-0.2, 0) is 11.4 Å². The monoisotopic (exact) mass is 500 g/mol. The number of hydrogen-bond acceptors (Lipinski definition) is 8. The van der Waals surface area contributed by atoms with E-state index < -0.39 is 12.1 Å². The van der Waals surface area contributed by atoms with Gasteiger partial charge in [-0.05, 0) is 25.0 Å². The third kappa shape index (κ3) is 6.42. The average molecular weight is 501 g/mol. The Kier molecular flexibility index (Phi) is 8.06. The van der Waals surface area contributed by atoms with E-state index in [0.29, 0.717) is 22.7 Å². The second-order valence-electron chi connectivity index (χ2n) is 7.56. The minimum Gasteiger partial charge on any atom is -0.475 e. The number of carbonyl (C=O) groups excluding carboxylic acids is 1. The number of hydrogen-bond donors (Lipinski definition) is 5. The zero-order chi connectivity index (χ0) is 24.9. The van der Waals surface area contributed by atoms with E-state index >= 15 is 0 Å². The fraction of sp³-hybridized carbons (Fsp3) is 0.400. The summed E-state index contributed by atoms with van der Waals surface area (Å²) >= 11 is 1.39. The molecule has 184 valence electrons. The van der Waals surface area contributed by atoms with E-state index in [1.807, 2.05) is 6.07 Å². The fourth-order valence-corrected chi connectivity index (χ4v) is 4.04. The molecule has 0 bridgehead atoms. The van der Waals surface area contributed by atoms with Crippen LogP contribution in [0.2, 0.25) is 0 Å². The number of rotatable bonds is 5. The molecule has 4 rings (SSSR count). The number of amides is 1. The number of carbonyl (C=O) groups is 2. The van der Waals surface area contributed by atoms with Gasteiger partial charge in [0, 0.05) is 28.5 Å². The number of aliphatic hydroxyl groups is 1. The van der Waals surface area contributed by atoms with Gasteiger partial charge in [0.15, 0.2) is 5.65 Å². The Balaban J connectivity index is 0.000000406. The number of fused-ring (bicyclic) bond motifs is 1. The molecule has 0 unspecified atom stereocenters. The maximum absolute atomic E-state index is 12.6. The van der Waals surface area contributed by atoms with Gasteiger partial charge >= 0.3 is 12.1 Å². The normalized spacial score (nSPS) is 18.1. The highest BCUT2D eigenvalue weighted by atomic mass is 32.1. The maximum atomic E-state index is 12.6. The van der Waals surface area contributed by atoms with Gasteiger partial charge in [-0.3, -0.25) is 4.79 Å². The lowest BCUT2D eigenvalue weighted by molar-refractivity contribution is -0.192. The Morgan fingerprint density at radius 3 is 2.62 bits per heavy atom. The summed E-state index contributed by atoms with van der Waals surface area (Å²) in [5.74, 6) is -2.35. The minimum atomic E-state index is -5.08. The van der Waals surface area contributed by atoms with Gasteiger partial charge in [-0.1, -0.05) is 12.8 Å². The first-order valence-corrected chi connectivity index (χ1v) is 11.1. The van der Waals surface area contributed by atoms with Crippen molar-refractivity contribution in [3.05, 3.63) is 40.3 Å². The number of carboxylic acid groups (broad SMARTS) is 1. The summed E-state index contributed by atoms with van der Waals surface area (Å²) in [6, 6.07) is 3.90. The number of aliphatic hydroxyl groups excluding tert-OH is 1. The zero-order valence-corrected chi connectivity index (χ0v) is 18.6. The molecule has 3 heterocycles. The number of carboxylic acids is 1. The lowest BCUT2D eigenvalue weighted by atomic mass is 9.91. The zero-order valence-electron chi connectivity index (χ0n) is 17.7. The van der Waals surface area contributed by atoms with Crippen LogP contribution in [0.1, 0.15) is 40.9 Å². The maximum Gasteiger partial charge on any atom is 0.490 e. The largest absolute Gasteiger partial charge is 0.490 e. The van der Waals surface area contributed by atoms with E-state index in [9.17, 15) is 18.0 Å². The summed E-state index contributed by atoms with van der Waals surface area (Å²) in [6.45, 7) is -0.0445. The molecule has 6 N–H and O–H groups in total. The van der Waals surface area contributed by atoms with Gasteiger partial charge in [-0.15, -0.1) is 11.3 Å². The highest BCUT2D eigenvalue weighted by Crippen LogP contribution is 2.23. The van der Waals surface area contributed by atoms with E-state index in [1.165, 1.54) is 24.0 Å². The Morgan fingerprint density at radius 2 is 2.00 bits per heavy atom. The summed E-state index contributed by atoms with van der Waals surface area (Å²) in [5, 5.41) is 28.5. The van der Waals surface area contributed by atoms with Crippen molar-refractivity contribution < 1.29 is 33.0 Å². The van der Waals surface area contributed by atoms with E-state index in [-0.39, 0.29) is 24.6 Å². The number of thiophene rings is 1. The lowest BCUT2D eigenvalue weighted by Gasteiger charge is -2.29. The fourth-order valence-electron chi connectivity index (χ4n) is 3.37. The Bertz CT molecular complexity index is 1150. The minimum absolute atomic E-state index is 0.0445. The van der Waals surface area contributed by atoms with Gasteiger partial charge in [0.2, 0.25) is 0 Å². The summed E-state index contributed by atoms with van der Waals surface area (Å²) in [4.78, 5) is 26.9. The molecule has 0 aliphatic heterocycles. The Hall–Kier alpha value is -3.23. The molecular weight excluding hydrogens is 477 g/mol. The number of anilines is 2. The Labute approximate surface area is 195 Å². The summed E-state index contributed by atoms with van der Waals surface area (Å²) in [5.41, 5.74) is 7.73. The topological polar surface area (TPSA) is 155 Å².